The van der Waals surface area contributed by atoms with E-state index in [1.165, 1.54) is 42.5 Å². The summed E-state index contributed by atoms with van der Waals surface area (Å²) in [6, 6.07) is 11.1. The second kappa shape index (κ2) is 11.0. The summed E-state index contributed by atoms with van der Waals surface area (Å²) in [6.45, 7) is 4.36. The van der Waals surface area contributed by atoms with Crippen LogP contribution >= 0.6 is 0 Å². The van der Waals surface area contributed by atoms with Crippen molar-refractivity contribution in [3.63, 3.8) is 0 Å². The summed E-state index contributed by atoms with van der Waals surface area (Å²) in [5, 5.41) is 7.90. The van der Waals surface area contributed by atoms with Gasteiger partial charge >= 0.3 is 0 Å². The zero-order valence-corrected chi connectivity index (χ0v) is 22.3. The van der Waals surface area contributed by atoms with Gasteiger partial charge in [-0.25, -0.2) is 24.0 Å². The molecule has 0 saturated carbocycles. The molecule has 1 fully saturated rings. The second-order valence-electron chi connectivity index (χ2n) is 9.17. The minimum atomic E-state index is -0.575. The summed E-state index contributed by atoms with van der Waals surface area (Å²) in [5.74, 6) is 1.60. The molecule has 1 amide bonds. The molecule has 0 unspecified atom stereocenters. The van der Waals surface area contributed by atoms with Crippen LogP contribution in [0.5, 0.6) is 23.1 Å². The molecular weight excluding hydrogens is 545 g/mol. The number of carbonyl (C=O) groups excluding carboxylic acids is 1. The Bertz CT molecular complexity index is 1810. The predicted molar refractivity (Wildman–Crippen MR) is 151 cm³/mol. The standard InChI is InChI=1S/C28H24FN9O4/c1-3-26(39)37-13-17(14-37)41-23-11-18-21(12-22(23)40-2)32-15-33-27(18)34-20-5-4-16(10-19(20)29)42-25-7-9-38(36-25)24-6-8-31-28(30)35-24/h3-12,15,17H,1,13-14H2,2H3,(H2,30,31,35)(H,32,33,34). The van der Waals surface area contributed by atoms with Gasteiger partial charge in [-0.2, -0.15) is 4.98 Å². The van der Waals surface area contributed by atoms with Crippen LogP contribution in [0.15, 0.2) is 73.8 Å². The Morgan fingerprint density at radius 1 is 1.14 bits per heavy atom. The number of halogens is 1. The number of amides is 1. The van der Waals surface area contributed by atoms with Gasteiger partial charge in [0.05, 0.1) is 31.4 Å². The maximum absolute atomic E-state index is 15.2. The van der Waals surface area contributed by atoms with E-state index in [1.807, 2.05) is 0 Å². The Morgan fingerprint density at radius 3 is 2.76 bits per heavy atom. The SMILES string of the molecule is C=CC(=O)N1CC(Oc2cc3c(Nc4ccc(Oc5ccn(-c6ccnc(N)n6)n5)cc4F)ncnc3cc2OC)C1. The fraction of sp³-hybridized carbons (Fsp3) is 0.143. The molecule has 1 saturated heterocycles. The van der Waals surface area contributed by atoms with E-state index in [0.717, 1.165) is 0 Å². The van der Waals surface area contributed by atoms with E-state index in [-0.39, 0.29) is 35.3 Å². The number of anilines is 3. The highest BCUT2D eigenvalue weighted by Crippen LogP contribution is 2.36. The fourth-order valence-electron chi connectivity index (χ4n) is 4.31. The van der Waals surface area contributed by atoms with Crippen LogP contribution in [0.25, 0.3) is 16.7 Å². The highest BCUT2D eigenvalue weighted by Gasteiger charge is 2.31. The fourth-order valence-corrected chi connectivity index (χ4v) is 4.31. The van der Waals surface area contributed by atoms with Crippen LogP contribution in [-0.4, -0.2) is 66.8 Å². The number of nitrogens with two attached hydrogens (primary N) is 1. The first-order chi connectivity index (χ1) is 20.4. The molecule has 3 N–H and O–H groups in total. The highest BCUT2D eigenvalue weighted by atomic mass is 19.1. The lowest BCUT2D eigenvalue weighted by atomic mass is 10.1. The summed E-state index contributed by atoms with van der Waals surface area (Å²) < 4.78 is 34.0. The van der Waals surface area contributed by atoms with Crippen molar-refractivity contribution in [3.8, 4) is 28.9 Å². The maximum atomic E-state index is 15.2. The molecule has 0 atom stereocenters. The van der Waals surface area contributed by atoms with Crippen molar-refractivity contribution in [1.29, 1.82) is 0 Å². The molecule has 5 aromatic rings. The van der Waals surface area contributed by atoms with Crippen molar-refractivity contribution in [2.24, 2.45) is 0 Å². The molecule has 1 aliphatic heterocycles. The van der Waals surface area contributed by atoms with Crippen molar-refractivity contribution in [3.05, 3.63) is 79.7 Å². The number of ether oxygens (including phenoxy) is 3. The average Bonchev–Trinajstić information content (AvgIpc) is 3.44. The van der Waals surface area contributed by atoms with Crippen molar-refractivity contribution < 1.29 is 23.4 Å². The van der Waals surface area contributed by atoms with Crippen LogP contribution in [0.3, 0.4) is 0 Å². The molecule has 4 heterocycles. The molecule has 0 aliphatic carbocycles. The van der Waals surface area contributed by atoms with Crippen LogP contribution in [0.4, 0.5) is 21.8 Å². The Kier molecular flexibility index (Phi) is 6.92. The van der Waals surface area contributed by atoms with Crippen molar-refractivity contribution in [1.82, 2.24) is 34.6 Å². The lowest BCUT2D eigenvalue weighted by molar-refractivity contribution is -0.134. The third kappa shape index (κ3) is 5.32. The molecule has 0 bridgehead atoms. The number of aromatic nitrogens is 6. The summed E-state index contributed by atoms with van der Waals surface area (Å²) >= 11 is 0. The van der Waals surface area contributed by atoms with Gasteiger partial charge in [0, 0.05) is 42.0 Å². The summed E-state index contributed by atoms with van der Waals surface area (Å²) in [5.41, 5.74) is 6.36. The van der Waals surface area contributed by atoms with Crippen LogP contribution in [-0.2, 0) is 4.79 Å². The molecule has 1 aliphatic rings. The normalized spacial score (nSPS) is 13.0. The molecular formula is C28H24FN9O4. The van der Waals surface area contributed by atoms with Gasteiger partial charge in [-0.3, -0.25) is 4.79 Å². The number of rotatable bonds is 9. The van der Waals surface area contributed by atoms with Gasteiger partial charge in [0.2, 0.25) is 17.7 Å². The smallest absolute Gasteiger partial charge is 0.246 e. The minimum absolute atomic E-state index is 0.113. The average molecular weight is 570 g/mol. The third-order valence-electron chi connectivity index (χ3n) is 6.42. The molecule has 2 aromatic carbocycles. The number of benzene rings is 2. The number of hydrogen-bond acceptors (Lipinski definition) is 11. The quantitative estimate of drug-likeness (QED) is 0.250. The monoisotopic (exact) mass is 569 g/mol. The predicted octanol–water partition coefficient (Wildman–Crippen LogP) is 3.65. The first kappa shape index (κ1) is 26.4. The van der Waals surface area contributed by atoms with E-state index >= 15 is 4.39 Å². The van der Waals surface area contributed by atoms with Crippen molar-refractivity contribution >= 4 is 34.3 Å². The minimum Gasteiger partial charge on any atom is -0.493 e. The van der Waals surface area contributed by atoms with E-state index in [0.29, 0.717) is 47.1 Å². The van der Waals surface area contributed by atoms with E-state index in [9.17, 15) is 4.79 Å². The Labute approximate surface area is 238 Å². The van der Waals surface area contributed by atoms with E-state index in [2.05, 4.69) is 36.9 Å². The Morgan fingerprint density at radius 2 is 2.00 bits per heavy atom. The molecule has 0 spiro atoms. The second-order valence-corrected chi connectivity index (χ2v) is 9.17. The van der Waals surface area contributed by atoms with Crippen molar-refractivity contribution in [2.75, 3.05) is 31.2 Å². The molecule has 3 aromatic heterocycles. The molecule has 0 radical (unpaired) electrons. The first-order valence-electron chi connectivity index (χ1n) is 12.7. The number of fused-ring (bicyclic) bond motifs is 1. The summed E-state index contributed by atoms with van der Waals surface area (Å²) in [4.78, 5) is 30.0. The molecule has 6 rings (SSSR count). The lowest BCUT2D eigenvalue weighted by Crippen LogP contribution is -2.55. The van der Waals surface area contributed by atoms with E-state index < -0.39 is 5.82 Å². The number of nitrogens with zero attached hydrogens (tertiary/aromatic N) is 7. The lowest BCUT2D eigenvalue weighted by Gasteiger charge is -2.38. The Balaban J connectivity index is 1.19. The van der Waals surface area contributed by atoms with Gasteiger partial charge < -0.3 is 30.2 Å². The van der Waals surface area contributed by atoms with Gasteiger partial charge in [-0.1, -0.05) is 6.58 Å². The third-order valence-corrected chi connectivity index (χ3v) is 6.42. The van der Waals surface area contributed by atoms with Gasteiger partial charge in [0.15, 0.2) is 17.3 Å². The summed E-state index contributed by atoms with van der Waals surface area (Å²) in [6.07, 6.45) is 5.58. The number of carbonyl (C=O) groups is 1. The molecule has 13 nitrogen and oxygen atoms in total. The van der Waals surface area contributed by atoms with Crippen LogP contribution in [0.1, 0.15) is 0 Å². The number of nitrogen functional groups attached to an aromatic ring is 1. The van der Waals surface area contributed by atoms with Gasteiger partial charge in [-0.15, -0.1) is 5.10 Å². The Hall–Kier alpha value is -5.79. The van der Waals surface area contributed by atoms with Gasteiger partial charge in [-0.05, 0) is 24.3 Å². The number of methoxy groups -OCH3 is 1. The van der Waals surface area contributed by atoms with Gasteiger partial charge in [0.1, 0.15) is 29.8 Å². The van der Waals surface area contributed by atoms with E-state index in [4.69, 9.17) is 19.9 Å². The highest BCUT2D eigenvalue weighted by molar-refractivity contribution is 5.93. The zero-order chi connectivity index (χ0) is 29.2. The largest absolute Gasteiger partial charge is 0.493 e. The van der Waals surface area contributed by atoms with Crippen LogP contribution < -0.4 is 25.3 Å². The first-order valence-corrected chi connectivity index (χ1v) is 12.7. The van der Waals surface area contributed by atoms with Crippen LogP contribution in [0.2, 0.25) is 0 Å². The molecule has 42 heavy (non-hydrogen) atoms. The zero-order valence-electron chi connectivity index (χ0n) is 22.3. The summed E-state index contributed by atoms with van der Waals surface area (Å²) in [7, 11) is 1.53. The van der Waals surface area contributed by atoms with E-state index in [1.54, 1.807) is 41.4 Å². The molecule has 212 valence electrons. The topological polar surface area (TPSA) is 155 Å². The number of nitrogens with one attached hydrogen (secondary N) is 1. The number of likely N-dealkylation sites (tertiary alicyclic amines) is 1. The molecule has 14 heteroatoms. The van der Waals surface area contributed by atoms with Crippen molar-refractivity contribution in [2.45, 2.75) is 6.10 Å². The van der Waals surface area contributed by atoms with Crippen LogP contribution in [0, 0.1) is 5.82 Å². The maximum Gasteiger partial charge on any atom is 0.246 e. The van der Waals surface area contributed by atoms with Gasteiger partial charge in [0.25, 0.3) is 0 Å². The number of hydrogen-bond donors (Lipinski definition) is 2.